The first-order valence-corrected chi connectivity index (χ1v) is 11.7. The van der Waals surface area contributed by atoms with Crippen molar-refractivity contribution in [1.29, 1.82) is 0 Å². The second-order valence-corrected chi connectivity index (χ2v) is 8.85. The summed E-state index contributed by atoms with van der Waals surface area (Å²) in [5, 5.41) is 13.1. The van der Waals surface area contributed by atoms with Crippen LogP contribution in [0.15, 0.2) is 42.5 Å². The summed E-state index contributed by atoms with van der Waals surface area (Å²) in [4.78, 5) is 10.1. The number of rotatable bonds is 5. The summed E-state index contributed by atoms with van der Waals surface area (Å²) in [6, 6.07) is 14.5. The highest BCUT2D eigenvalue weighted by Crippen LogP contribution is 2.33. The average Bonchev–Trinajstić information content (AvgIpc) is 3.11. The summed E-state index contributed by atoms with van der Waals surface area (Å²) in [6.45, 7) is 3.46. The lowest BCUT2D eigenvalue weighted by molar-refractivity contribution is 0.00893. The minimum Gasteiger partial charge on any atom is -0.497 e. The second kappa shape index (κ2) is 8.61. The maximum Gasteiger partial charge on any atom is 0.226 e. The fraction of sp³-hybridized carbons (Fsp3) is 0.400. The largest absolute Gasteiger partial charge is 0.497 e. The molecule has 2 N–H and O–H groups in total. The Morgan fingerprint density at radius 3 is 2.76 bits per heavy atom. The van der Waals surface area contributed by atoms with Crippen LogP contribution in [0.5, 0.6) is 5.75 Å². The minimum absolute atomic E-state index is 0.300. The zero-order valence-corrected chi connectivity index (χ0v) is 18.8. The van der Waals surface area contributed by atoms with Gasteiger partial charge in [-0.05, 0) is 55.3 Å². The SMILES string of the molecule is COc1ccc(-c2nc3c4cccc(C5COC5)c4nc(N[C@@H]4CCCCNC4)n3n2)cc1. The monoisotopic (exact) mass is 444 g/mol. The molecular formula is C25H28N6O2. The predicted octanol–water partition coefficient (Wildman–Crippen LogP) is 3.62. The zero-order chi connectivity index (χ0) is 22.2. The van der Waals surface area contributed by atoms with E-state index < -0.39 is 0 Å². The third-order valence-electron chi connectivity index (χ3n) is 6.64. The summed E-state index contributed by atoms with van der Waals surface area (Å²) in [7, 11) is 1.67. The van der Waals surface area contributed by atoms with Gasteiger partial charge in [0.2, 0.25) is 5.95 Å². The molecule has 0 amide bonds. The van der Waals surface area contributed by atoms with Crippen molar-refractivity contribution in [1.82, 2.24) is 24.9 Å². The van der Waals surface area contributed by atoms with Crippen LogP contribution in [0.25, 0.3) is 27.9 Å². The van der Waals surface area contributed by atoms with E-state index in [2.05, 4.69) is 28.8 Å². The van der Waals surface area contributed by atoms with E-state index in [1.165, 1.54) is 18.4 Å². The van der Waals surface area contributed by atoms with Crippen molar-refractivity contribution in [3.05, 3.63) is 48.0 Å². The van der Waals surface area contributed by atoms with Gasteiger partial charge in [-0.25, -0.2) is 9.97 Å². The Balaban J connectivity index is 1.50. The van der Waals surface area contributed by atoms with Crippen molar-refractivity contribution >= 4 is 22.5 Å². The standard InChI is InChI=1S/C25H28N6O2/c1-32-19-10-8-16(9-11-19)23-29-24-21-7-4-6-20(17-14-33-15-17)22(21)28-25(31(24)30-23)27-18-5-2-3-12-26-13-18/h4,6-11,17-18,26H,2-3,5,12-15H2,1H3,(H,27,28)/t18-/m1/s1. The molecule has 8 heteroatoms. The molecule has 0 unspecified atom stereocenters. The number of hydrogen-bond donors (Lipinski definition) is 2. The molecule has 33 heavy (non-hydrogen) atoms. The third-order valence-corrected chi connectivity index (χ3v) is 6.64. The molecule has 4 heterocycles. The molecule has 2 aliphatic heterocycles. The molecule has 2 aliphatic rings. The Hall–Kier alpha value is -3.23. The average molecular weight is 445 g/mol. The molecule has 1 atom stereocenters. The van der Waals surface area contributed by atoms with Crippen LogP contribution in [-0.4, -0.2) is 59.0 Å². The van der Waals surface area contributed by atoms with Crippen molar-refractivity contribution < 1.29 is 9.47 Å². The van der Waals surface area contributed by atoms with Gasteiger partial charge in [-0.1, -0.05) is 18.6 Å². The number of fused-ring (bicyclic) bond motifs is 3. The van der Waals surface area contributed by atoms with E-state index in [1.807, 2.05) is 28.8 Å². The lowest BCUT2D eigenvalue weighted by Gasteiger charge is -2.27. The van der Waals surface area contributed by atoms with Gasteiger partial charge in [-0.2, -0.15) is 4.52 Å². The Morgan fingerprint density at radius 2 is 1.97 bits per heavy atom. The molecule has 170 valence electrons. The molecular weight excluding hydrogens is 416 g/mol. The summed E-state index contributed by atoms with van der Waals surface area (Å²) in [5.41, 5.74) is 3.96. The number of ether oxygens (including phenoxy) is 2. The molecule has 0 saturated carbocycles. The molecule has 0 radical (unpaired) electrons. The zero-order valence-electron chi connectivity index (χ0n) is 18.8. The number of benzene rings is 2. The van der Waals surface area contributed by atoms with Crippen LogP contribution in [0, 0.1) is 0 Å². The summed E-state index contributed by atoms with van der Waals surface area (Å²) in [6.07, 6.45) is 3.50. The van der Waals surface area contributed by atoms with Crippen LogP contribution in [0.3, 0.4) is 0 Å². The van der Waals surface area contributed by atoms with Crippen LogP contribution in [0.2, 0.25) is 0 Å². The maximum absolute atomic E-state index is 5.48. The Labute approximate surface area is 192 Å². The molecule has 0 bridgehead atoms. The Kier molecular flexibility index (Phi) is 5.32. The van der Waals surface area contributed by atoms with Gasteiger partial charge < -0.3 is 20.1 Å². The van der Waals surface area contributed by atoms with Crippen LogP contribution in [-0.2, 0) is 4.74 Å². The molecule has 4 aromatic rings. The van der Waals surface area contributed by atoms with E-state index in [1.54, 1.807) is 7.11 Å². The highest BCUT2D eigenvalue weighted by Gasteiger charge is 2.25. The van der Waals surface area contributed by atoms with E-state index in [0.717, 1.165) is 66.5 Å². The van der Waals surface area contributed by atoms with E-state index in [4.69, 9.17) is 24.5 Å². The van der Waals surface area contributed by atoms with Gasteiger partial charge in [-0.15, -0.1) is 5.10 Å². The smallest absolute Gasteiger partial charge is 0.226 e. The van der Waals surface area contributed by atoms with Crippen LogP contribution >= 0.6 is 0 Å². The quantitative estimate of drug-likeness (QED) is 0.486. The fourth-order valence-corrected chi connectivity index (χ4v) is 4.68. The topological polar surface area (TPSA) is 85.6 Å². The summed E-state index contributed by atoms with van der Waals surface area (Å²) in [5.74, 6) is 2.60. The highest BCUT2D eigenvalue weighted by atomic mass is 16.5. The fourth-order valence-electron chi connectivity index (χ4n) is 4.68. The first kappa shape index (κ1) is 20.4. The van der Waals surface area contributed by atoms with Crippen molar-refractivity contribution in [2.45, 2.75) is 31.2 Å². The van der Waals surface area contributed by atoms with Crippen molar-refractivity contribution in [3.8, 4) is 17.1 Å². The number of aromatic nitrogens is 4. The molecule has 0 aliphatic carbocycles. The molecule has 8 nitrogen and oxygen atoms in total. The highest BCUT2D eigenvalue weighted by molar-refractivity contribution is 5.95. The number of nitrogens with one attached hydrogen (secondary N) is 2. The van der Waals surface area contributed by atoms with Crippen molar-refractivity contribution in [2.75, 3.05) is 38.7 Å². The van der Waals surface area contributed by atoms with Gasteiger partial charge >= 0.3 is 0 Å². The first-order valence-electron chi connectivity index (χ1n) is 11.7. The van der Waals surface area contributed by atoms with Crippen molar-refractivity contribution in [3.63, 3.8) is 0 Å². The molecule has 2 aromatic carbocycles. The first-order chi connectivity index (χ1) is 16.3. The van der Waals surface area contributed by atoms with Crippen LogP contribution < -0.4 is 15.4 Å². The number of nitrogens with zero attached hydrogens (tertiary/aromatic N) is 4. The van der Waals surface area contributed by atoms with E-state index in [9.17, 15) is 0 Å². The van der Waals surface area contributed by atoms with Crippen molar-refractivity contribution in [2.24, 2.45) is 0 Å². The van der Waals surface area contributed by atoms with Gasteiger partial charge in [0, 0.05) is 29.5 Å². The number of para-hydroxylation sites is 1. The molecule has 0 spiro atoms. The van der Waals surface area contributed by atoms with Gasteiger partial charge in [-0.3, -0.25) is 0 Å². The minimum atomic E-state index is 0.300. The molecule has 2 saturated heterocycles. The van der Waals surface area contributed by atoms with Gasteiger partial charge in [0.25, 0.3) is 0 Å². The van der Waals surface area contributed by atoms with E-state index >= 15 is 0 Å². The van der Waals surface area contributed by atoms with Crippen LogP contribution in [0.4, 0.5) is 5.95 Å². The Bertz CT molecular complexity index is 1270. The number of hydrogen-bond acceptors (Lipinski definition) is 7. The van der Waals surface area contributed by atoms with Gasteiger partial charge in [0.05, 0.1) is 25.8 Å². The summed E-state index contributed by atoms with van der Waals surface area (Å²) >= 11 is 0. The van der Waals surface area contributed by atoms with Gasteiger partial charge in [0.15, 0.2) is 11.5 Å². The van der Waals surface area contributed by atoms with E-state index in [-0.39, 0.29) is 0 Å². The maximum atomic E-state index is 5.48. The van der Waals surface area contributed by atoms with Gasteiger partial charge in [0.1, 0.15) is 5.75 Å². The number of methoxy groups -OCH3 is 1. The predicted molar refractivity (Wildman–Crippen MR) is 128 cm³/mol. The molecule has 2 fully saturated rings. The third kappa shape index (κ3) is 3.79. The van der Waals surface area contributed by atoms with E-state index in [0.29, 0.717) is 17.8 Å². The molecule has 2 aromatic heterocycles. The van der Waals surface area contributed by atoms with Crippen LogP contribution in [0.1, 0.15) is 30.7 Å². The number of anilines is 1. The lowest BCUT2D eigenvalue weighted by Crippen LogP contribution is -2.32. The normalized spacial score (nSPS) is 19.4. The lowest BCUT2D eigenvalue weighted by atomic mass is 9.95. The molecule has 6 rings (SSSR count). The summed E-state index contributed by atoms with van der Waals surface area (Å²) < 4.78 is 12.7. The second-order valence-electron chi connectivity index (χ2n) is 8.85. The Morgan fingerprint density at radius 1 is 1.09 bits per heavy atom.